The number of hydrogen-bond donors (Lipinski definition) is 0. The molecule has 208 valence electrons. The van der Waals surface area contributed by atoms with Crippen molar-refractivity contribution in [2.45, 2.75) is 62.9 Å². The second-order valence-electron chi connectivity index (χ2n) is 9.39. The largest absolute Gasteiger partial charge is 0.494 e. The molecule has 0 aromatic heterocycles. The number of carbonyl (C=O) groups excluding carboxylic acids is 1. The fourth-order valence-electron chi connectivity index (χ4n) is 4.53. The Kier molecular flexibility index (Phi) is 10.3. The number of hydrogen-bond acceptors (Lipinski definition) is 5. The average molecular weight is 559 g/mol. The van der Waals surface area contributed by atoms with E-state index in [-0.39, 0.29) is 11.5 Å². The van der Waals surface area contributed by atoms with Gasteiger partial charge in [0.2, 0.25) is 0 Å². The zero-order chi connectivity index (χ0) is 27.8. The van der Waals surface area contributed by atoms with Crippen LogP contribution in [-0.4, -0.2) is 31.0 Å². The van der Waals surface area contributed by atoms with E-state index < -0.39 is 35.6 Å². The molecule has 2 unspecified atom stereocenters. The van der Waals surface area contributed by atoms with E-state index in [4.69, 9.17) is 14.2 Å². The molecule has 4 rings (SSSR count). The monoisotopic (exact) mass is 558 g/mol. The summed E-state index contributed by atoms with van der Waals surface area (Å²) in [5, 5.41) is 0. The summed E-state index contributed by atoms with van der Waals surface area (Å²) in [6, 6.07) is 17.4. The van der Waals surface area contributed by atoms with Gasteiger partial charge in [0.1, 0.15) is 17.3 Å². The van der Waals surface area contributed by atoms with Crippen LogP contribution in [0.4, 0.5) is 13.2 Å². The van der Waals surface area contributed by atoms with Gasteiger partial charge in [-0.05, 0) is 79.5 Å². The van der Waals surface area contributed by atoms with E-state index in [1.54, 1.807) is 24.3 Å². The van der Waals surface area contributed by atoms with Crippen molar-refractivity contribution in [2.24, 2.45) is 0 Å². The Morgan fingerprint density at radius 3 is 2.38 bits per heavy atom. The van der Waals surface area contributed by atoms with Crippen molar-refractivity contribution in [3.05, 3.63) is 77.6 Å². The lowest BCUT2D eigenvalue weighted by atomic mass is 9.91. The molecule has 0 spiro atoms. The highest BCUT2D eigenvalue weighted by Crippen LogP contribution is 2.38. The number of carbonyl (C=O) groups is 1. The summed E-state index contributed by atoms with van der Waals surface area (Å²) in [6.45, 7) is 4.80. The molecule has 2 atom stereocenters. The molecule has 39 heavy (non-hydrogen) atoms. The van der Waals surface area contributed by atoms with Gasteiger partial charge in [-0.2, -0.15) is 0 Å². The van der Waals surface area contributed by atoms with E-state index >= 15 is 4.39 Å². The number of alkyl halides is 2. The maximum absolute atomic E-state index is 15.2. The normalized spacial score (nSPS) is 17.3. The summed E-state index contributed by atoms with van der Waals surface area (Å²) in [7, 11) is 0. The summed E-state index contributed by atoms with van der Waals surface area (Å²) in [4.78, 5) is 14.0. The van der Waals surface area contributed by atoms with Gasteiger partial charge >= 0.3 is 5.97 Å². The van der Waals surface area contributed by atoms with Gasteiger partial charge in [0.15, 0.2) is 6.10 Å². The van der Waals surface area contributed by atoms with Crippen LogP contribution in [0, 0.1) is 5.82 Å². The summed E-state index contributed by atoms with van der Waals surface area (Å²) >= 11 is 1.83. The lowest BCUT2D eigenvalue weighted by Gasteiger charge is -2.28. The van der Waals surface area contributed by atoms with Gasteiger partial charge < -0.3 is 14.2 Å². The highest BCUT2D eigenvalue weighted by molar-refractivity contribution is 7.99. The third-order valence-electron chi connectivity index (χ3n) is 6.70. The molecule has 1 fully saturated rings. The van der Waals surface area contributed by atoms with Crippen LogP contribution in [0.15, 0.2) is 65.6 Å². The molecule has 1 saturated heterocycles. The van der Waals surface area contributed by atoms with Gasteiger partial charge in [0.05, 0.1) is 18.8 Å². The number of thioether (sulfide) groups is 1. The summed E-state index contributed by atoms with van der Waals surface area (Å²) in [5.74, 6) is -0.607. The molecular weight excluding hydrogens is 525 g/mol. The lowest BCUT2D eigenvalue weighted by molar-refractivity contribution is -0.151. The quantitative estimate of drug-likeness (QED) is 0.102. The average Bonchev–Trinajstić information content (AvgIpc) is 2.94. The van der Waals surface area contributed by atoms with Crippen molar-refractivity contribution >= 4 is 17.7 Å². The minimum atomic E-state index is -3.17. The maximum atomic E-state index is 15.2. The zero-order valence-electron chi connectivity index (χ0n) is 22.1. The minimum absolute atomic E-state index is 0.0142. The summed E-state index contributed by atoms with van der Waals surface area (Å²) < 4.78 is 59.5. The molecule has 0 N–H and O–H groups in total. The second kappa shape index (κ2) is 13.9. The first-order valence-corrected chi connectivity index (χ1v) is 14.3. The smallest absolute Gasteiger partial charge is 0.340 e. The lowest BCUT2D eigenvalue weighted by Crippen LogP contribution is -2.34. The van der Waals surface area contributed by atoms with Gasteiger partial charge in [-0.1, -0.05) is 37.6 Å². The predicted octanol–water partition coefficient (Wildman–Crippen LogP) is 8.59. The van der Waals surface area contributed by atoms with E-state index in [0.717, 1.165) is 11.3 Å². The van der Waals surface area contributed by atoms with E-state index in [1.165, 1.54) is 29.9 Å². The van der Waals surface area contributed by atoms with Crippen molar-refractivity contribution in [1.82, 2.24) is 0 Å². The van der Waals surface area contributed by atoms with Gasteiger partial charge in [0, 0.05) is 16.4 Å². The molecule has 8 heteroatoms. The highest BCUT2D eigenvalue weighted by Gasteiger charge is 2.31. The van der Waals surface area contributed by atoms with Crippen LogP contribution in [0.2, 0.25) is 0 Å². The summed E-state index contributed by atoms with van der Waals surface area (Å²) in [6.07, 6.45) is -0.651. The van der Waals surface area contributed by atoms with Crippen molar-refractivity contribution < 1.29 is 32.2 Å². The number of ether oxygens (including phenoxy) is 3. The van der Waals surface area contributed by atoms with Crippen LogP contribution < -0.4 is 9.47 Å². The molecule has 0 radical (unpaired) electrons. The highest BCUT2D eigenvalue weighted by atomic mass is 32.2. The number of unbranched alkanes of at least 4 members (excludes halogenated alkanes) is 1. The van der Waals surface area contributed by atoms with E-state index in [0.29, 0.717) is 37.4 Å². The number of esters is 1. The topological polar surface area (TPSA) is 44.8 Å². The number of rotatable bonds is 11. The Balaban J connectivity index is 1.39. The predicted molar refractivity (Wildman–Crippen MR) is 147 cm³/mol. The van der Waals surface area contributed by atoms with Gasteiger partial charge in [-0.15, -0.1) is 11.8 Å². The molecule has 3 aromatic carbocycles. The Bertz CT molecular complexity index is 1220. The zero-order valence-corrected chi connectivity index (χ0v) is 22.9. The fraction of sp³-hybridized carbons (Fsp3) is 0.387. The Labute approximate surface area is 231 Å². The molecule has 0 aliphatic carbocycles. The van der Waals surface area contributed by atoms with Gasteiger partial charge in [-0.25, -0.2) is 18.0 Å². The Morgan fingerprint density at radius 1 is 1.03 bits per heavy atom. The molecule has 0 amide bonds. The van der Waals surface area contributed by atoms with Crippen LogP contribution >= 0.6 is 11.8 Å². The van der Waals surface area contributed by atoms with Crippen LogP contribution in [0.25, 0.3) is 11.1 Å². The Hall–Kier alpha value is -2.97. The third-order valence-corrected chi connectivity index (χ3v) is 7.80. The molecule has 1 heterocycles. The summed E-state index contributed by atoms with van der Waals surface area (Å²) in [5.41, 5.74) is 0.582. The van der Waals surface area contributed by atoms with E-state index in [1.807, 2.05) is 18.7 Å². The maximum Gasteiger partial charge on any atom is 0.340 e. The molecule has 4 nitrogen and oxygen atoms in total. The van der Waals surface area contributed by atoms with E-state index in [2.05, 4.69) is 31.2 Å². The van der Waals surface area contributed by atoms with Crippen molar-refractivity contribution in [1.29, 1.82) is 0 Å². The number of halogens is 3. The van der Waals surface area contributed by atoms with Crippen LogP contribution in [0.3, 0.4) is 0 Å². The van der Waals surface area contributed by atoms with Gasteiger partial charge in [-0.3, -0.25) is 0 Å². The molecule has 1 aliphatic rings. The van der Waals surface area contributed by atoms with Crippen molar-refractivity contribution in [2.75, 3.05) is 19.0 Å². The molecule has 0 saturated carbocycles. The van der Waals surface area contributed by atoms with Gasteiger partial charge in [0.25, 0.3) is 6.43 Å². The Morgan fingerprint density at radius 2 is 1.77 bits per heavy atom. The number of benzene rings is 3. The first kappa shape index (κ1) is 29.0. The molecule has 1 aliphatic heterocycles. The first-order valence-electron chi connectivity index (χ1n) is 13.3. The standard InChI is InChI=1S/C31H33F3O4S/c1-3-5-18-39-24-13-8-20(9-14-24)22-10-16-27(37-19-22)31(35)38-26-17-15-25(29(32)28(26)30(33)34)21-6-11-23(12-7-21)36-4-2/h6-9,11-15,17,22,27,30H,3-5,10,16,18-19H2,1-2H3. The fourth-order valence-corrected chi connectivity index (χ4v) is 5.53. The third kappa shape index (κ3) is 7.37. The minimum Gasteiger partial charge on any atom is -0.494 e. The molecule has 3 aromatic rings. The van der Waals surface area contributed by atoms with Crippen molar-refractivity contribution in [3.63, 3.8) is 0 Å². The van der Waals surface area contributed by atoms with Crippen LogP contribution in [0.1, 0.15) is 63.0 Å². The SMILES string of the molecule is CCCCSc1ccc(C2CCC(C(=O)Oc3ccc(-c4ccc(OCC)cc4)c(F)c3C(F)F)OC2)cc1. The molecule has 0 bridgehead atoms. The second-order valence-corrected chi connectivity index (χ2v) is 10.6. The van der Waals surface area contributed by atoms with E-state index in [9.17, 15) is 13.6 Å². The molecular formula is C31H33F3O4S. The first-order chi connectivity index (χ1) is 18.9. The van der Waals surface area contributed by atoms with Crippen LogP contribution in [0.5, 0.6) is 11.5 Å². The van der Waals surface area contributed by atoms with Crippen molar-refractivity contribution in [3.8, 4) is 22.6 Å². The van der Waals surface area contributed by atoms with Crippen LogP contribution in [-0.2, 0) is 9.53 Å².